The molecule has 1 aliphatic carbocycles. The van der Waals surface area contributed by atoms with Gasteiger partial charge in [-0.05, 0) is 62.4 Å². The minimum atomic E-state index is 0.389. The summed E-state index contributed by atoms with van der Waals surface area (Å²) in [7, 11) is 0. The van der Waals surface area contributed by atoms with Crippen molar-refractivity contribution in [3.05, 3.63) is 28.8 Å². The molecule has 1 aliphatic heterocycles. The summed E-state index contributed by atoms with van der Waals surface area (Å²) in [5.74, 6) is 1.04. The molecular weight excluding hydrogens is 260 g/mol. The molecule has 1 saturated heterocycles. The maximum Gasteiger partial charge on any atom is 0.120 e. The molecule has 1 fully saturated rings. The Labute approximate surface area is 128 Å². The van der Waals surface area contributed by atoms with Crippen LogP contribution in [-0.2, 0) is 0 Å². The molecule has 2 aliphatic rings. The van der Waals surface area contributed by atoms with Crippen molar-refractivity contribution >= 4 is 0 Å². The van der Waals surface area contributed by atoms with Gasteiger partial charge in [0.15, 0.2) is 0 Å². The molecule has 1 aromatic rings. The second kappa shape index (κ2) is 5.98. The Kier molecular flexibility index (Phi) is 4.23. The van der Waals surface area contributed by atoms with Crippen LogP contribution in [0.1, 0.15) is 61.8 Å². The third-order valence-electron chi connectivity index (χ3n) is 5.27. The van der Waals surface area contributed by atoms with Crippen LogP contribution in [0.4, 0.5) is 0 Å². The first kappa shape index (κ1) is 14.9. The minimum Gasteiger partial charge on any atom is -0.508 e. The number of fused-ring (bicyclic) bond motifs is 1. The van der Waals surface area contributed by atoms with E-state index in [1.807, 2.05) is 6.07 Å². The van der Waals surface area contributed by atoms with Crippen molar-refractivity contribution in [3.8, 4) is 5.75 Å². The van der Waals surface area contributed by atoms with E-state index in [1.54, 1.807) is 0 Å². The van der Waals surface area contributed by atoms with Crippen LogP contribution in [0.15, 0.2) is 12.1 Å². The van der Waals surface area contributed by atoms with Gasteiger partial charge in [-0.1, -0.05) is 19.9 Å². The molecule has 3 rings (SSSR count). The molecular formula is C18H28N2O. The van der Waals surface area contributed by atoms with Crippen LogP contribution in [0.5, 0.6) is 5.75 Å². The Bertz CT molecular complexity index is 508. The molecule has 0 bridgehead atoms. The summed E-state index contributed by atoms with van der Waals surface area (Å²) in [5, 5.41) is 14.0. The molecule has 3 nitrogen and oxygen atoms in total. The van der Waals surface area contributed by atoms with Gasteiger partial charge in [-0.2, -0.15) is 0 Å². The molecule has 0 saturated carbocycles. The van der Waals surface area contributed by atoms with Crippen LogP contribution in [-0.4, -0.2) is 35.7 Å². The number of phenols is 1. The highest BCUT2D eigenvalue weighted by molar-refractivity contribution is 5.51. The summed E-state index contributed by atoms with van der Waals surface area (Å²) in [6.45, 7) is 10.1. The SMILES string of the molecule is CCCN(C1CCNC1)C1CC(C)c2c(C)ccc(O)c21. The van der Waals surface area contributed by atoms with Gasteiger partial charge in [0.25, 0.3) is 0 Å². The Balaban J connectivity index is 1.98. The first-order valence-corrected chi connectivity index (χ1v) is 8.42. The summed E-state index contributed by atoms with van der Waals surface area (Å²) in [5.41, 5.74) is 3.94. The van der Waals surface area contributed by atoms with Crippen LogP contribution >= 0.6 is 0 Å². The largest absolute Gasteiger partial charge is 0.508 e. The highest BCUT2D eigenvalue weighted by Crippen LogP contribution is 2.49. The zero-order valence-corrected chi connectivity index (χ0v) is 13.5. The quantitative estimate of drug-likeness (QED) is 0.892. The lowest BCUT2D eigenvalue weighted by atomic mass is 9.97. The molecule has 0 radical (unpaired) electrons. The van der Waals surface area contributed by atoms with Gasteiger partial charge in [-0.25, -0.2) is 0 Å². The Morgan fingerprint density at radius 2 is 2.14 bits per heavy atom. The molecule has 116 valence electrons. The fraction of sp³-hybridized carbons (Fsp3) is 0.667. The van der Waals surface area contributed by atoms with Crippen molar-refractivity contribution in [3.63, 3.8) is 0 Å². The third-order valence-corrected chi connectivity index (χ3v) is 5.27. The van der Waals surface area contributed by atoms with Crippen LogP contribution in [0.3, 0.4) is 0 Å². The Morgan fingerprint density at radius 1 is 1.33 bits per heavy atom. The van der Waals surface area contributed by atoms with E-state index >= 15 is 0 Å². The predicted molar refractivity (Wildman–Crippen MR) is 86.9 cm³/mol. The second-order valence-corrected chi connectivity index (χ2v) is 6.77. The first-order chi connectivity index (χ1) is 10.1. The summed E-state index contributed by atoms with van der Waals surface area (Å²) in [4.78, 5) is 2.65. The van der Waals surface area contributed by atoms with E-state index < -0.39 is 0 Å². The monoisotopic (exact) mass is 288 g/mol. The normalized spacial score (nSPS) is 28.3. The van der Waals surface area contributed by atoms with Gasteiger partial charge < -0.3 is 10.4 Å². The first-order valence-electron chi connectivity index (χ1n) is 8.42. The molecule has 3 heteroatoms. The number of benzene rings is 1. The van der Waals surface area contributed by atoms with Crippen molar-refractivity contribution in [1.82, 2.24) is 10.2 Å². The number of phenolic OH excluding ortho intramolecular Hbond substituents is 1. The molecule has 0 amide bonds. The number of aryl methyl sites for hydroxylation is 1. The smallest absolute Gasteiger partial charge is 0.120 e. The maximum atomic E-state index is 10.5. The van der Waals surface area contributed by atoms with Gasteiger partial charge >= 0.3 is 0 Å². The number of hydrogen-bond acceptors (Lipinski definition) is 3. The molecule has 2 N–H and O–H groups in total. The van der Waals surface area contributed by atoms with E-state index in [9.17, 15) is 5.11 Å². The Hall–Kier alpha value is -1.06. The number of rotatable bonds is 4. The van der Waals surface area contributed by atoms with Crippen molar-refractivity contribution < 1.29 is 5.11 Å². The summed E-state index contributed by atoms with van der Waals surface area (Å²) >= 11 is 0. The van der Waals surface area contributed by atoms with Crippen molar-refractivity contribution in [2.24, 2.45) is 0 Å². The van der Waals surface area contributed by atoms with Crippen molar-refractivity contribution in [2.45, 2.75) is 58.0 Å². The van der Waals surface area contributed by atoms with Gasteiger partial charge in [0.05, 0.1) is 0 Å². The third kappa shape index (κ3) is 2.58. The van der Waals surface area contributed by atoms with Crippen LogP contribution in [0.2, 0.25) is 0 Å². The highest BCUT2D eigenvalue weighted by Gasteiger charge is 2.38. The van der Waals surface area contributed by atoms with E-state index in [0.717, 1.165) is 26.1 Å². The number of hydrogen-bond donors (Lipinski definition) is 2. The molecule has 1 heterocycles. The van der Waals surface area contributed by atoms with Crippen LogP contribution in [0, 0.1) is 6.92 Å². The summed E-state index contributed by atoms with van der Waals surface area (Å²) < 4.78 is 0. The van der Waals surface area contributed by atoms with E-state index in [1.165, 1.54) is 29.5 Å². The summed E-state index contributed by atoms with van der Waals surface area (Å²) in [6.07, 6.45) is 3.54. The number of aromatic hydroxyl groups is 1. The molecule has 0 aromatic heterocycles. The highest BCUT2D eigenvalue weighted by atomic mass is 16.3. The van der Waals surface area contributed by atoms with Crippen molar-refractivity contribution in [2.75, 3.05) is 19.6 Å². The van der Waals surface area contributed by atoms with Crippen LogP contribution in [0.25, 0.3) is 0 Å². The minimum absolute atomic E-state index is 0.389. The van der Waals surface area contributed by atoms with Gasteiger partial charge in [0.1, 0.15) is 5.75 Å². The molecule has 3 unspecified atom stereocenters. The van der Waals surface area contributed by atoms with E-state index in [-0.39, 0.29) is 0 Å². The van der Waals surface area contributed by atoms with Gasteiger partial charge in [-0.15, -0.1) is 0 Å². The molecule has 0 spiro atoms. The lowest BCUT2D eigenvalue weighted by molar-refractivity contribution is 0.137. The molecule has 3 atom stereocenters. The summed E-state index contributed by atoms with van der Waals surface area (Å²) in [6, 6.07) is 4.96. The molecule has 1 aromatic carbocycles. The predicted octanol–water partition coefficient (Wildman–Crippen LogP) is 3.32. The maximum absolute atomic E-state index is 10.5. The lowest BCUT2D eigenvalue weighted by Crippen LogP contribution is -2.39. The van der Waals surface area contributed by atoms with E-state index in [2.05, 4.69) is 37.1 Å². The van der Waals surface area contributed by atoms with E-state index in [0.29, 0.717) is 23.8 Å². The van der Waals surface area contributed by atoms with Gasteiger partial charge in [0, 0.05) is 24.2 Å². The lowest BCUT2D eigenvalue weighted by Gasteiger charge is -2.34. The van der Waals surface area contributed by atoms with Crippen LogP contribution < -0.4 is 5.32 Å². The average molecular weight is 288 g/mol. The second-order valence-electron chi connectivity index (χ2n) is 6.77. The fourth-order valence-corrected chi connectivity index (χ4v) is 4.38. The average Bonchev–Trinajstić information content (AvgIpc) is 3.09. The zero-order chi connectivity index (χ0) is 15.0. The van der Waals surface area contributed by atoms with E-state index in [4.69, 9.17) is 0 Å². The zero-order valence-electron chi connectivity index (χ0n) is 13.5. The number of nitrogens with one attached hydrogen (secondary N) is 1. The fourth-order valence-electron chi connectivity index (χ4n) is 4.38. The Morgan fingerprint density at radius 3 is 2.81 bits per heavy atom. The van der Waals surface area contributed by atoms with Gasteiger partial charge in [-0.3, -0.25) is 4.90 Å². The van der Waals surface area contributed by atoms with Gasteiger partial charge in [0.2, 0.25) is 0 Å². The number of nitrogens with zero attached hydrogens (tertiary/aromatic N) is 1. The topological polar surface area (TPSA) is 35.5 Å². The standard InChI is InChI=1S/C18H28N2O/c1-4-9-20(14-7-8-19-11-14)15-10-13(3)17-12(2)5-6-16(21)18(15)17/h5-6,13-15,19,21H,4,7-11H2,1-3H3. The molecule has 21 heavy (non-hydrogen) atoms. The van der Waals surface area contributed by atoms with Crippen molar-refractivity contribution in [1.29, 1.82) is 0 Å².